The molecular formula is C20H22N2O6S. The maximum absolute atomic E-state index is 12.7. The van der Waals surface area contributed by atoms with Gasteiger partial charge in [-0.15, -0.1) is 0 Å². The average molecular weight is 418 g/mol. The molecule has 0 atom stereocenters. The van der Waals surface area contributed by atoms with E-state index in [4.69, 9.17) is 9.47 Å². The molecule has 0 aromatic heterocycles. The average Bonchev–Trinajstić information content (AvgIpc) is 2.72. The first kappa shape index (κ1) is 20.7. The van der Waals surface area contributed by atoms with Crippen molar-refractivity contribution in [3.05, 3.63) is 42.5 Å². The highest BCUT2D eigenvalue weighted by molar-refractivity contribution is 7.91. The van der Waals surface area contributed by atoms with E-state index in [1.165, 1.54) is 23.1 Å². The van der Waals surface area contributed by atoms with Crippen LogP contribution in [0.25, 0.3) is 0 Å². The number of hydrogen-bond acceptors (Lipinski definition) is 6. The fourth-order valence-corrected chi connectivity index (χ4v) is 4.25. The van der Waals surface area contributed by atoms with E-state index in [1.54, 1.807) is 31.4 Å². The Morgan fingerprint density at radius 1 is 1.21 bits per heavy atom. The lowest BCUT2D eigenvalue weighted by Gasteiger charge is -2.21. The molecule has 2 aromatic carbocycles. The van der Waals surface area contributed by atoms with Gasteiger partial charge in [-0.2, -0.15) is 0 Å². The molecule has 3 rings (SSSR count). The Bertz CT molecular complexity index is 1020. The van der Waals surface area contributed by atoms with Gasteiger partial charge < -0.3 is 19.7 Å². The van der Waals surface area contributed by atoms with E-state index in [-0.39, 0.29) is 35.5 Å². The van der Waals surface area contributed by atoms with Gasteiger partial charge in [0.2, 0.25) is 5.91 Å². The zero-order valence-electron chi connectivity index (χ0n) is 16.2. The third kappa shape index (κ3) is 4.68. The molecule has 0 saturated carbocycles. The molecule has 154 valence electrons. The van der Waals surface area contributed by atoms with Crippen molar-refractivity contribution in [1.82, 2.24) is 0 Å². The number of hydrogen-bond donors (Lipinski definition) is 1. The minimum atomic E-state index is -3.72. The fourth-order valence-electron chi connectivity index (χ4n) is 3.00. The molecule has 8 nitrogen and oxygen atoms in total. The summed E-state index contributed by atoms with van der Waals surface area (Å²) >= 11 is 0. The molecule has 1 aliphatic heterocycles. The van der Waals surface area contributed by atoms with E-state index in [1.807, 2.05) is 6.92 Å². The zero-order valence-corrected chi connectivity index (χ0v) is 17.0. The van der Waals surface area contributed by atoms with Crippen LogP contribution >= 0.6 is 0 Å². The van der Waals surface area contributed by atoms with Crippen LogP contribution in [-0.2, 0) is 19.4 Å². The smallest absolute Gasteiger partial charge is 0.262 e. The van der Waals surface area contributed by atoms with Gasteiger partial charge in [0.25, 0.3) is 5.91 Å². The number of nitrogens with zero attached hydrogens (tertiary/aromatic N) is 1. The molecule has 2 aromatic rings. The number of carbonyl (C=O) groups is 2. The van der Waals surface area contributed by atoms with E-state index in [0.29, 0.717) is 29.4 Å². The van der Waals surface area contributed by atoms with Gasteiger partial charge in [-0.3, -0.25) is 9.59 Å². The van der Waals surface area contributed by atoms with Gasteiger partial charge in [-0.1, -0.05) is 0 Å². The Kier molecular flexibility index (Phi) is 6.07. The van der Waals surface area contributed by atoms with Crippen LogP contribution in [0.2, 0.25) is 0 Å². The van der Waals surface area contributed by atoms with E-state index in [9.17, 15) is 18.0 Å². The van der Waals surface area contributed by atoms with Gasteiger partial charge in [0.15, 0.2) is 16.4 Å². The van der Waals surface area contributed by atoms with E-state index in [0.717, 1.165) is 0 Å². The van der Waals surface area contributed by atoms with Crippen LogP contribution in [0.5, 0.6) is 11.5 Å². The van der Waals surface area contributed by atoms with Crippen molar-refractivity contribution in [2.75, 3.05) is 36.2 Å². The predicted molar refractivity (Wildman–Crippen MR) is 108 cm³/mol. The highest BCUT2D eigenvalue weighted by atomic mass is 32.2. The van der Waals surface area contributed by atoms with Crippen LogP contribution < -0.4 is 19.7 Å². The molecule has 29 heavy (non-hydrogen) atoms. The lowest BCUT2D eigenvalue weighted by molar-refractivity contribution is -0.119. The highest BCUT2D eigenvalue weighted by Crippen LogP contribution is 2.30. The molecule has 0 aliphatic carbocycles. The van der Waals surface area contributed by atoms with Gasteiger partial charge in [0.1, 0.15) is 11.5 Å². The SMILES string of the molecule is CCN(C(=O)CCS(=O)(=O)c1ccc2c(c1)NC(=O)CO2)c1ccc(OC)cc1. The lowest BCUT2D eigenvalue weighted by Crippen LogP contribution is -2.32. The number of fused-ring (bicyclic) bond motifs is 1. The zero-order chi connectivity index (χ0) is 21.0. The molecule has 0 unspecified atom stereocenters. The Labute approximate surface area is 169 Å². The molecule has 0 bridgehead atoms. The molecular weight excluding hydrogens is 396 g/mol. The molecule has 1 heterocycles. The third-order valence-electron chi connectivity index (χ3n) is 4.53. The molecule has 9 heteroatoms. The van der Waals surface area contributed by atoms with Crippen molar-refractivity contribution < 1.29 is 27.5 Å². The van der Waals surface area contributed by atoms with Crippen LogP contribution in [0.15, 0.2) is 47.4 Å². The van der Waals surface area contributed by atoms with Gasteiger partial charge in [-0.05, 0) is 49.4 Å². The Morgan fingerprint density at radius 2 is 1.93 bits per heavy atom. The van der Waals surface area contributed by atoms with Crippen LogP contribution in [0, 0.1) is 0 Å². The number of rotatable bonds is 7. The normalized spacial score (nSPS) is 13.1. The molecule has 1 aliphatic rings. The maximum atomic E-state index is 12.7. The minimum absolute atomic E-state index is 0.0299. The van der Waals surface area contributed by atoms with Crippen LogP contribution in [0.3, 0.4) is 0 Å². The summed E-state index contributed by atoms with van der Waals surface area (Å²) in [5.41, 5.74) is 0.978. The topological polar surface area (TPSA) is 102 Å². The van der Waals surface area contributed by atoms with E-state index >= 15 is 0 Å². The molecule has 0 radical (unpaired) electrons. The summed E-state index contributed by atoms with van der Waals surface area (Å²) in [6.45, 7) is 2.13. The number of ether oxygens (including phenoxy) is 2. The van der Waals surface area contributed by atoms with Gasteiger partial charge in [0.05, 0.1) is 23.4 Å². The monoisotopic (exact) mass is 418 g/mol. The van der Waals surface area contributed by atoms with Crippen LogP contribution in [-0.4, -0.2) is 46.2 Å². The summed E-state index contributed by atoms with van der Waals surface area (Å²) in [5.74, 6) is 0.0993. The predicted octanol–water partition coefficient (Wildman–Crippen LogP) is 2.24. The van der Waals surface area contributed by atoms with E-state index < -0.39 is 9.84 Å². The number of nitrogens with one attached hydrogen (secondary N) is 1. The van der Waals surface area contributed by atoms with Gasteiger partial charge >= 0.3 is 0 Å². The van der Waals surface area contributed by atoms with Crippen molar-refractivity contribution >= 4 is 33.0 Å². The Hall–Kier alpha value is -3.07. The summed E-state index contributed by atoms with van der Waals surface area (Å²) in [4.78, 5) is 25.6. The van der Waals surface area contributed by atoms with Crippen molar-refractivity contribution in [2.45, 2.75) is 18.2 Å². The summed E-state index contributed by atoms with van der Waals surface area (Å²) in [7, 11) is -2.16. The van der Waals surface area contributed by atoms with Crippen molar-refractivity contribution in [1.29, 1.82) is 0 Å². The van der Waals surface area contributed by atoms with Crippen LogP contribution in [0.4, 0.5) is 11.4 Å². The molecule has 0 fully saturated rings. The molecule has 0 spiro atoms. The number of amides is 2. The molecule has 2 amide bonds. The fraction of sp³-hybridized carbons (Fsp3) is 0.300. The van der Waals surface area contributed by atoms with Crippen molar-refractivity contribution in [2.24, 2.45) is 0 Å². The summed E-state index contributed by atoms with van der Waals surface area (Å²) in [6, 6.07) is 11.3. The lowest BCUT2D eigenvalue weighted by atomic mass is 10.2. The number of sulfone groups is 1. The number of benzene rings is 2. The van der Waals surface area contributed by atoms with Crippen LogP contribution in [0.1, 0.15) is 13.3 Å². The van der Waals surface area contributed by atoms with Crippen molar-refractivity contribution in [3.63, 3.8) is 0 Å². The largest absolute Gasteiger partial charge is 0.497 e. The molecule has 0 saturated heterocycles. The maximum Gasteiger partial charge on any atom is 0.262 e. The third-order valence-corrected chi connectivity index (χ3v) is 6.24. The molecule has 1 N–H and O–H groups in total. The van der Waals surface area contributed by atoms with E-state index in [2.05, 4.69) is 5.32 Å². The Morgan fingerprint density at radius 3 is 2.59 bits per heavy atom. The number of carbonyl (C=O) groups excluding carboxylic acids is 2. The first-order valence-corrected chi connectivity index (χ1v) is 10.7. The second kappa shape index (κ2) is 8.52. The highest BCUT2D eigenvalue weighted by Gasteiger charge is 2.23. The minimum Gasteiger partial charge on any atom is -0.497 e. The number of anilines is 2. The standard InChI is InChI=1S/C20H22N2O6S/c1-3-22(14-4-6-15(27-2)7-5-14)20(24)10-11-29(25,26)16-8-9-18-17(12-16)21-19(23)13-28-18/h4-9,12H,3,10-11,13H2,1-2H3,(H,21,23). The quantitative estimate of drug-likeness (QED) is 0.740. The number of methoxy groups -OCH3 is 1. The first-order chi connectivity index (χ1) is 13.8. The summed E-state index contributed by atoms with van der Waals surface area (Å²) in [5, 5.41) is 2.58. The van der Waals surface area contributed by atoms with Crippen molar-refractivity contribution in [3.8, 4) is 11.5 Å². The summed E-state index contributed by atoms with van der Waals surface area (Å²) < 4.78 is 35.7. The Balaban J connectivity index is 1.71. The second-order valence-corrected chi connectivity index (χ2v) is 8.51. The first-order valence-electron chi connectivity index (χ1n) is 9.08. The second-order valence-electron chi connectivity index (χ2n) is 6.40. The summed E-state index contributed by atoms with van der Waals surface area (Å²) in [6.07, 6.45) is -0.165. The van der Waals surface area contributed by atoms with Gasteiger partial charge in [0, 0.05) is 18.7 Å². The van der Waals surface area contributed by atoms with Gasteiger partial charge in [-0.25, -0.2) is 8.42 Å².